The lowest BCUT2D eigenvalue weighted by Gasteiger charge is -2.32. The fourth-order valence-corrected chi connectivity index (χ4v) is 3.31. The molecule has 0 radical (unpaired) electrons. The monoisotopic (exact) mass is 265 g/mol. The number of hydrogen-bond donors (Lipinski definition) is 1. The Balaban J connectivity index is 1.99. The third kappa shape index (κ3) is 2.58. The Bertz CT molecular complexity index is 588. The van der Waals surface area contributed by atoms with Crippen molar-refractivity contribution in [3.63, 3.8) is 0 Å². The topological polar surface area (TPSA) is 12.0 Å². The minimum atomic E-state index is 0.527. The standard InChI is InChI=1S/C19H23N/c1-3-7-15-8-6-9-16(13-15)18-12-14(2)20-19-11-5-4-10-17(18)19/h4-6,8-11,13-14,18,20H,3,7,12H2,1-2H3. The summed E-state index contributed by atoms with van der Waals surface area (Å²) in [6.07, 6.45) is 3.56. The van der Waals surface area contributed by atoms with Gasteiger partial charge >= 0.3 is 0 Å². The third-order valence-corrected chi connectivity index (χ3v) is 4.22. The van der Waals surface area contributed by atoms with Crippen LogP contribution in [-0.2, 0) is 6.42 Å². The van der Waals surface area contributed by atoms with Gasteiger partial charge in [0.1, 0.15) is 0 Å². The van der Waals surface area contributed by atoms with Crippen LogP contribution in [0, 0.1) is 0 Å². The minimum Gasteiger partial charge on any atom is -0.382 e. The molecule has 0 aliphatic carbocycles. The molecule has 0 bridgehead atoms. The Labute approximate surface area is 122 Å². The number of anilines is 1. The summed E-state index contributed by atoms with van der Waals surface area (Å²) < 4.78 is 0. The van der Waals surface area contributed by atoms with E-state index in [1.54, 1.807) is 0 Å². The molecule has 1 N–H and O–H groups in total. The first kappa shape index (κ1) is 13.2. The molecule has 0 saturated carbocycles. The summed E-state index contributed by atoms with van der Waals surface area (Å²) in [5, 5.41) is 3.60. The highest BCUT2D eigenvalue weighted by atomic mass is 14.9. The fraction of sp³-hybridized carbons (Fsp3) is 0.368. The summed E-state index contributed by atoms with van der Waals surface area (Å²) in [6.45, 7) is 4.52. The van der Waals surface area contributed by atoms with E-state index < -0.39 is 0 Å². The number of nitrogens with one attached hydrogen (secondary N) is 1. The minimum absolute atomic E-state index is 0.527. The Kier molecular flexibility index (Phi) is 3.77. The lowest BCUT2D eigenvalue weighted by Crippen LogP contribution is -2.25. The molecule has 1 heteroatoms. The van der Waals surface area contributed by atoms with E-state index in [1.165, 1.54) is 41.6 Å². The average Bonchev–Trinajstić information content (AvgIpc) is 2.47. The number of rotatable bonds is 3. The van der Waals surface area contributed by atoms with Gasteiger partial charge in [-0.05, 0) is 42.5 Å². The van der Waals surface area contributed by atoms with Gasteiger partial charge in [0.05, 0.1) is 0 Å². The van der Waals surface area contributed by atoms with E-state index in [0.29, 0.717) is 12.0 Å². The molecule has 0 fully saturated rings. The van der Waals surface area contributed by atoms with Crippen LogP contribution in [0.1, 0.15) is 49.3 Å². The molecular weight excluding hydrogens is 242 g/mol. The van der Waals surface area contributed by atoms with Crippen LogP contribution in [0.5, 0.6) is 0 Å². The van der Waals surface area contributed by atoms with E-state index >= 15 is 0 Å². The van der Waals surface area contributed by atoms with Gasteiger partial charge in [-0.15, -0.1) is 0 Å². The van der Waals surface area contributed by atoms with Gasteiger partial charge in [0, 0.05) is 17.6 Å². The second kappa shape index (κ2) is 5.70. The smallest absolute Gasteiger partial charge is 0.0381 e. The molecule has 20 heavy (non-hydrogen) atoms. The average molecular weight is 265 g/mol. The van der Waals surface area contributed by atoms with E-state index in [1.807, 2.05) is 0 Å². The van der Waals surface area contributed by atoms with Crippen LogP contribution in [0.4, 0.5) is 5.69 Å². The first-order chi connectivity index (χ1) is 9.78. The van der Waals surface area contributed by atoms with E-state index in [2.05, 4.69) is 67.7 Å². The van der Waals surface area contributed by atoms with Gasteiger partial charge in [0.25, 0.3) is 0 Å². The normalized spacial score (nSPS) is 21.1. The molecule has 2 unspecified atom stereocenters. The lowest BCUT2D eigenvalue weighted by molar-refractivity contribution is 0.614. The SMILES string of the molecule is CCCc1cccc(C2CC(C)Nc3ccccc32)c1. The predicted octanol–water partition coefficient (Wildman–Crippen LogP) is 4.98. The van der Waals surface area contributed by atoms with Crippen LogP contribution in [0.3, 0.4) is 0 Å². The number of hydrogen-bond acceptors (Lipinski definition) is 1. The van der Waals surface area contributed by atoms with Gasteiger partial charge in [0.2, 0.25) is 0 Å². The Hall–Kier alpha value is -1.76. The first-order valence-electron chi connectivity index (χ1n) is 7.72. The van der Waals surface area contributed by atoms with Crippen LogP contribution < -0.4 is 5.32 Å². The zero-order valence-corrected chi connectivity index (χ0v) is 12.4. The van der Waals surface area contributed by atoms with Gasteiger partial charge in [0.15, 0.2) is 0 Å². The van der Waals surface area contributed by atoms with Gasteiger partial charge < -0.3 is 5.32 Å². The first-order valence-corrected chi connectivity index (χ1v) is 7.72. The molecule has 0 saturated heterocycles. The zero-order valence-electron chi connectivity index (χ0n) is 12.4. The zero-order chi connectivity index (χ0) is 13.9. The maximum Gasteiger partial charge on any atom is 0.0381 e. The van der Waals surface area contributed by atoms with Gasteiger partial charge in [-0.25, -0.2) is 0 Å². The second-order valence-electron chi connectivity index (χ2n) is 5.92. The molecule has 1 aliphatic rings. The van der Waals surface area contributed by atoms with Crippen molar-refractivity contribution in [1.82, 2.24) is 0 Å². The molecule has 1 aliphatic heterocycles. The van der Waals surface area contributed by atoms with Crippen molar-refractivity contribution in [2.45, 2.75) is 45.1 Å². The molecule has 104 valence electrons. The number of benzene rings is 2. The molecule has 3 rings (SSSR count). The molecule has 1 nitrogen and oxygen atoms in total. The summed E-state index contributed by atoms with van der Waals surface area (Å²) >= 11 is 0. The summed E-state index contributed by atoms with van der Waals surface area (Å²) in [5.74, 6) is 0.527. The van der Waals surface area contributed by atoms with Gasteiger partial charge in [-0.2, -0.15) is 0 Å². The summed E-state index contributed by atoms with van der Waals surface area (Å²) in [6, 6.07) is 18.4. The molecule has 2 atom stereocenters. The Morgan fingerprint density at radius 3 is 2.80 bits per heavy atom. The highest BCUT2D eigenvalue weighted by Crippen LogP contribution is 2.38. The van der Waals surface area contributed by atoms with Crippen molar-refractivity contribution in [2.24, 2.45) is 0 Å². The highest BCUT2D eigenvalue weighted by Gasteiger charge is 2.25. The Morgan fingerprint density at radius 2 is 1.95 bits per heavy atom. The van der Waals surface area contributed by atoms with E-state index in [0.717, 1.165) is 0 Å². The molecule has 1 heterocycles. The van der Waals surface area contributed by atoms with Crippen molar-refractivity contribution in [2.75, 3.05) is 5.32 Å². The van der Waals surface area contributed by atoms with Crippen LogP contribution in [-0.4, -0.2) is 6.04 Å². The molecule has 0 amide bonds. The van der Waals surface area contributed by atoms with E-state index in [4.69, 9.17) is 0 Å². The van der Waals surface area contributed by atoms with Crippen molar-refractivity contribution in [1.29, 1.82) is 0 Å². The van der Waals surface area contributed by atoms with Crippen LogP contribution >= 0.6 is 0 Å². The molecular formula is C19H23N. The quantitative estimate of drug-likeness (QED) is 0.825. The molecule has 2 aromatic carbocycles. The van der Waals surface area contributed by atoms with Crippen LogP contribution in [0.2, 0.25) is 0 Å². The van der Waals surface area contributed by atoms with E-state index in [9.17, 15) is 0 Å². The van der Waals surface area contributed by atoms with Crippen molar-refractivity contribution in [3.05, 3.63) is 65.2 Å². The molecule has 2 aromatic rings. The fourth-order valence-electron chi connectivity index (χ4n) is 3.31. The van der Waals surface area contributed by atoms with Crippen LogP contribution in [0.25, 0.3) is 0 Å². The third-order valence-electron chi connectivity index (χ3n) is 4.22. The van der Waals surface area contributed by atoms with Crippen LogP contribution in [0.15, 0.2) is 48.5 Å². The predicted molar refractivity (Wildman–Crippen MR) is 86.4 cm³/mol. The maximum absolute atomic E-state index is 3.60. The highest BCUT2D eigenvalue weighted by molar-refractivity contribution is 5.58. The maximum atomic E-state index is 3.60. The summed E-state index contributed by atoms with van der Waals surface area (Å²) in [7, 11) is 0. The van der Waals surface area contributed by atoms with Crippen molar-refractivity contribution in [3.8, 4) is 0 Å². The number of fused-ring (bicyclic) bond motifs is 1. The number of para-hydroxylation sites is 1. The Morgan fingerprint density at radius 1 is 1.10 bits per heavy atom. The van der Waals surface area contributed by atoms with Gasteiger partial charge in [-0.1, -0.05) is 55.8 Å². The lowest BCUT2D eigenvalue weighted by atomic mass is 9.82. The largest absolute Gasteiger partial charge is 0.382 e. The second-order valence-corrected chi connectivity index (χ2v) is 5.92. The van der Waals surface area contributed by atoms with Crippen molar-refractivity contribution < 1.29 is 0 Å². The molecule has 0 spiro atoms. The van der Waals surface area contributed by atoms with E-state index in [-0.39, 0.29) is 0 Å². The number of aryl methyl sites for hydroxylation is 1. The summed E-state index contributed by atoms with van der Waals surface area (Å²) in [5.41, 5.74) is 5.68. The van der Waals surface area contributed by atoms with Gasteiger partial charge in [-0.3, -0.25) is 0 Å². The summed E-state index contributed by atoms with van der Waals surface area (Å²) in [4.78, 5) is 0. The molecule has 0 aromatic heterocycles. The van der Waals surface area contributed by atoms with Crippen molar-refractivity contribution >= 4 is 5.69 Å².